The molecule has 16 heavy (non-hydrogen) atoms. The quantitative estimate of drug-likeness (QED) is 0.327. The van der Waals surface area contributed by atoms with E-state index in [9.17, 15) is 9.59 Å². The Hall–Kier alpha value is -1.18. The zero-order valence-electron chi connectivity index (χ0n) is 9.32. The number of carbonyl (C=O) groups excluding carboxylic acids is 2. The van der Waals surface area contributed by atoms with Crippen molar-refractivity contribution < 1.29 is 19.8 Å². The standard InChI is InChI=1S/C9H19N3O4/c1-2-9(5-13,6-14)12-8(16)4-11-7(15)3-10/h13-14H,2-6,10H2,1H3,(H,11,15)(H,12,16). The van der Waals surface area contributed by atoms with Crippen molar-refractivity contribution in [2.75, 3.05) is 26.3 Å². The van der Waals surface area contributed by atoms with Gasteiger partial charge in [0.25, 0.3) is 0 Å². The van der Waals surface area contributed by atoms with Crippen molar-refractivity contribution in [2.24, 2.45) is 5.73 Å². The highest BCUT2D eigenvalue weighted by Crippen LogP contribution is 2.07. The van der Waals surface area contributed by atoms with Gasteiger partial charge in [-0.25, -0.2) is 0 Å². The number of aliphatic hydroxyl groups is 2. The first kappa shape index (κ1) is 14.8. The Kier molecular flexibility index (Phi) is 6.63. The molecule has 0 radical (unpaired) electrons. The van der Waals surface area contributed by atoms with Crippen LogP contribution in [-0.4, -0.2) is 53.9 Å². The SMILES string of the molecule is CCC(CO)(CO)NC(=O)CNC(=O)CN. The molecule has 0 aliphatic carbocycles. The van der Waals surface area contributed by atoms with Gasteiger partial charge in [0.1, 0.15) is 0 Å². The van der Waals surface area contributed by atoms with Crippen LogP contribution < -0.4 is 16.4 Å². The largest absolute Gasteiger partial charge is 0.394 e. The zero-order valence-corrected chi connectivity index (χ0v) is 9.32. The molecule has 0 bridgehead atoms. The third kappa shape index (κ3) is 4.56. The summed E-state index contributed by atoms with van der Waals surface area (Å²) in [6, 6.07) is 0. The fraction of sp³-hybridized carbons (Fsp3) is 0.778. The van der Waals surface area contributed by atoms with Crippen molar-refractivity contribution in [2.45, 2.75) is 18.9 Å². The Labute approximate surface area is 94.0 Å². The molecule has 0 aliphatic heterocycles. The third-order valence-electron chi connectivity index (χ3n) is 2.32. The molecule has 7 heteroatoms. The summed E-state index contributed by atoms with van der Waals surface area (Å²) in [6.07, 6.45) is 0.385. The zero-order chi connectivity index (χ0) is 12.6. The van der Waals surface area contributed by atoms with Crippen LogP contribution in [0.25, 0.3) is 0 Å². The summed E-state index contributed by atoms with van der Waals surface area (Å²) in [5, 5.41) is 22.9. The average Bonchev–Trinajstić information content (AvgIpc) is 2.33. The second kappa shape index (κ2) is 7.15. The molecule has 0 aliphatic rings. The first-order valence-corrected chi connectivity index (χ1v) is 5.03. The molecule has 0 aromatic heterocycles. The number of nitrogens with one attached hydrogen (secondary N) is 2. The van der Waals surface area contributed by atoms with Gasteiger partial charge in [0.15, 0.2) is 0 Å². The minimum Gasteiger partial charge on any atom is -0.394 e. The topological polar surface area (TPSA) is 125 Å². The molecule has 0 rings (SSSR count). The maximum Gasteiger partial charge on any atom is 0.239 e. The fourth-order valence-electron chi connectivity index (χ4n) is 1.03. The van der Waals surface area contributed by atoms with Gasteiger partial charge in [-0.05, 0) is 6.42 Å². The van der Waals surface area contributed by atoms with E-state index in [2.05, 4.69) is 10.6 Å². The normalized spacial score (nSPS) is 11.0. The lowest BCUT2D eigenvalue weighted by atomic mass is 9.98. The van der Waals surface area contributed by atoms with Crippen LogP contribution in [0, 0.1) is 0 Å². The molecule has 0 saturated carbocycles. The van der Waals surface area contributed by atoms with E-state index in [1.54, 1.807) is 6.92 Å². The Bertz CT molecular complexity index is 233. The molecule has 94 valence electrons. The number of amides is 2. The van der Waals surface area contributed by atoms with Gasteiger partial charge in [-0.2, -0.15) is 0 Å². The number of hydrogen-bond donors (Lipinski definition) is 5. The fourth-order valence-corrected chi connectivity index (χ4v) is 1.03. The van der Waals surface area contributed by atoms with Gasteiger partial charge in [0.2, 0.25) is 11.8 Å². The summed E-state index contributed by atoms with van der Waals surface area (Å²) >= 11 is 0. The van der Waals surface area contributed by atoms with Gasteiger partial charge in [-0.15, -0.1) is 0 Å². The van der Waals surface area contributed by atoms with Crippen LogP contribution in [0.5, 0.6) is 0 Å². The maximum absolute atomic E-state index is 11.4. The Morgan fingerprint density at radius 2 is 1.81 bits per heavy atom. The lowest BCUT2D eigenvalue weighted by Gasteiger charge is -2.29. The number of nitrogens with two attached hydrogens (primary N) is 1. The predicted octanol–water partition coefficient (Wildman–Crippen LogP) is -2.69. The number of aliphatic hydroxyl groups excluding tert-OH is 2. The highest BCUT2D eigenvalue weighted by molar-refractivity contribution is 5.85. The minimum atomic E-state index is -1.04. The van der Waals surface area contributed by atoms with Crippen LogP contribution >= 0.6 is 0 Å². The first-order chi connectivity index (χ1) is 7.53. The third-order valence-corrected chi connectivity index (χ3v) is 2.32. The van der Waals surface area contributed by atoms with Crippen molar-refractivity contribution >= 4 is 11.8 Å². The van der Waals surface area contributed by atoms with Crippen LogP contribution in [0.3, 0.4) is 0 Å². The Morgan fingerprint density at radius 3 is 2.19 bits per heavy atom. The van der Waals surface area contributed by atoms with Gasteiger partial charge in [-0.1, -0.05) is 6.92 Å². The molecule has 6 N–H and O–H groups in total. The Balaban J connectivity index is 4.15. The van der Waals surface area contributed by atoms with Crippen molar-refractivity contribution in [3.8, 4) is 0 Å². The van der Waals surface area contributed by atoms with E-state index in [1.165, 1.54) is 0 Å². The monoisotopic (exact) mass is 233 g/mol. The van der Waals surface area contributed by atoms with E-state index in [1.807, 2.05) is 0 Å². The van der Waals surface area contributed by atoms with Crippen molar-refractivity contribution in [3.05, 3.63) is 0 Å². The predicted molar refractivity (Wildman–Crippen MR) is 57.4 cm³/mol. The summed E-state index contributed by atoms with van der Waals surface area (Å²) in [7, 11) is 0. The lowest BCUT2D eigenvalue weighted by molar-refractivity contribution is -0.127. The van der Waals surface area contributed by atoms with Crippen LogP contribution in [-0.2, 0) is 9.59 Å². The van der Waals surface area contributed by atoms with Crippen LogP contribution in [0.15, 0.2) is 0 Å². The summed E-state index contributed by atoms with van der Waals surface area (Å²) < 4.78 is 0. The molecule has 0 fully saturated rings. The van der Waals surface area contributed by atoms with E-state index in [0.717, 1.165) is 0 Å². The first-order valence-electron chi connectivity index (χ1n) is 5.03. The molecule has 0 spiro atoms. The maximum atomic E-state index is 11.4. The molecule has 0 saturated heterocycles. The summed E-state index contributed by atoms with van der Waals surface area (Å²) in [5.74, 6) is -0.919. The van der Waals surface area contributed by atoms with Crippen molar-refractivity contribution in [1.29, 1.82) is 0 Å². The number of hydrogen-bond acceptors (Lipinski definition) is 5. The molecule has 0 aromatic rings. The smallest absolute Gasteiger partial charge is 0.239 e. The molecule has 0 unspecified atom stereocenters. The average molecular weight is 233 g/mol. The van der Waals surface area contributed by atoms with Gasteiger partial charge >= 0.3 is 0 Å². The van der Waals surface area contributed by atoms with Gasteiger partial charge in [0.05, 0.1) is 31.8 Å². The second-order valence-electron chi connectivity index (χ2n) is 3.48. The summed E-state index contributed by atoms with van der Waals surface area (Å²) in [6.45, 7) is 0.586. The van der Waals surface area contributed by atoms with E-state index in [4.69, 9.17) is 15.9 Å². The molecule has 7 nitrogen and oxygen atoms in total. The summed E-state index contributed by atoms with van der Waals surface area (Å²) in [4.78, 5) is 22.1. The van der Waals surface area contributed by atoms with Crippen LogP contribution in [0.1, 0.15) is 13.3 Å². The highest BCUT2D eigenvalue weighted by Gasteiger charge is 2.28. The van der Waals surface area contributed by atoms with E-state index in [0.29, 0.717) is 6.42 Å². The van der Waals surface area contributed by atoms with Crippen LogP contribution in [0.4, 0.5) is 0 Å². The highest BCUT2D eigenvalue weighted by atomic mass is 16.3. The molecule has 2 amide bonds. The molecular weight excluding hydrogens is 214 g/mol. The van der Waals surface area contributed by atoms with Crippen molar-refractivity contribution in [1.82, 2.24) is 10.6 Å². The molecule has 0 heterocycles. The van der Waals surface area contributed by atoms with E-state index >= 15 is 0 Å². The molecule has 0 atom stereocenters. The van der Waals surface area contributed by atoms with Crippen LogP contribution in [0.2, 0.25) is 0 Å². The van der Waals surface area contributed by atoms with Gasteiger partial charge in [0, 0.05) is 0 Å². The number of carbonyl (C=O) groups is 2. The van der Waals surface area contributed by atoms with Crippen molar-refractivity contribution in [3.63, 3.8) is 0 Å². The Morgan fingerprint density at radius 1 is 1.25 bits per heavy atom. The second-order valence-corrected chi connectivity index (χ2v) is 3.48. The van der Waals surface area contributed by atoms with Gasteiger partial charge < -0.3 is 26.6 Å². The number of rotatable bonds is 7. The lowest BCUT2D eigenvalue weighted by Crippen LogP contribution is -2.56. The summed E-state index contributed by atoms with van der Waals surface area (Å²) in [5.41, 5.74) is 4.00. The minimum absolute atomic E-state index is 0.188. The van der Waals surface area contributed by atoms with E-state index in [-0.39, 0.29) is 26.3 Å². The molecule has 0 aromatic carbocycles. The van der Waals surface area contributed by atoms with Gasteiger partial charge in [-0.3, -0.25) is 9.59 Å². The molecular formula is C9H19N3O4. The van der Waals surface area contributed by atoms with E-state index < -0.39 is 17.4 Å².